The fraction of sp³-hybridized carbons (Fsp3) is 0.267. The third-order valence-corrected chi connectivity index (χ3v) is 3.02. The van der Waals surface area contributed by atoms with Gasteiger partial charge in [0.1, 0.15) is 11.3 Å². The first-order valence-electron chi connectivity index (χ1n) is 6.40. The van der Waals surface area contributed by atoms with Gasteiger partial charge >= 0.3 is 0 Å². The lowest BCUT2D eigenvalue weighted by atomic mass is 10.1. The van der Waals surface area contributed by atoms with E-state index in [4.69, 9.17) is 4.52 Å². The summed E-state index contributed by atoms with van der Waals surface area (Å²) in [4.78, 5) is 23.6. The first kappa shape index (κ1) is 14.0. The normalized spacial score (nSPS) is 10.3. The molecule has 5 heteroatoms. The van der Waals surface area contributed by atoms with Crippen molar-refractivity contribution < 1.29 is 14.1 Å². The fourth-order valence-corrected chi connectivity index (χ4v) is 1.96. The van der Waals surface area contributed by atoms with Crippen LogP contribution in [-0.4, -0.2) is 16.8 Å². The van der Waals surface area contributed by atoms with Crippen molar-refractivity contribution in [2.45, 2.75) is 27.2 Å². The molecule has 0 fully saturated rings. The first-order chi connectivity index (χ1) is 9.52. The molecule has 0 atom stereocenters. The summed E-state index contributed by atoms with van der Waals surface area (Å²) in [6, 6.07) is 6.82. The van der Waals surface area contributed by atoms with Crippen molar-refractivity contribution in [3.05, 3.63) is 46.8 Å². The van der Waals surface area contributed by atoms with Crippen LogP contribution >= 0.6 is 0 Å². The molecule has 0 bridgehead atoms. The molecule has 5 nitrogen and oxygen atoms in total. The zero-order chi connectivity index (χ0) is 14.7. The highest BCUT2D eigenvalue weighted by atomic mass is 16.5. The monoisotopic (exact) mass is 272 g/mol. The maximum absolute atomic E-state index is 12.3. The summed E-state index contributed by atoms with van der Waals surface area (Å²) in [7, 11) is 0. The number of amides is 1. The molecular formula is C15H16N2O3. The summed E-state index contributed by atoms with van der Waals surface area (Å²) in [6.45, 7) is 5.10. The molecular weight excluding hydrogens is 256 g/mol. The average Bonchev–Trinajstić information content (AvgIpc) is 2.80. The Balaban J connectivity index is 2.25. The number of anilines is 1. The Bertz CT molecular complexity index is 659. The highest BCUT2D eigenvalue weighted by molar-refractivity contribution is 6.06. The minimum atomic E-state index is -0.277. The van der Waals surface area contributed by atoms with Crippen molar-refractivity contribution in [2.24, 2.45) is 0 Å². The number of aromatic nitrogens is 1. The van der Waals surface area contributed by atoms with Crippen LogP contribution in [0.3, 0.4) is 0 Å². The fourth-order valence-electron chi connectivity index (χ4n) is 1.96. The van der Waals surface area contributed by atoms with E-state index in [1.807, 2.05) is 6.92 Å². The second-order valence-electron chi connectivity index (χ2n) is 4.51. The van der Waals surface area contributed by atoms with Crippen molar-refractivity contribution in [1.82, 2.24) is 5.16 Å². The zero-order valence-corrected chi connectivity index (χ0v) is 11.7. The second-order valence-corrected chi connectivity index (χ2v) is 4.51. The molecule has 2 rings (SSSR count). The molecule has 20 heavy (non-hydrogen) atoms. The Morgan fingerprint density at radius 3 is 2.75 bits per heavy atom. The van der Waals surface area contributed by atoms with Crippen LogP contribution in [0, 0.1) is 6.92 Å². The highest BCUT2D eigenvalue weighted by Gasteiger charge is 2.19. The summed E-state index contributed by atoms with van der Waals surface area (Å²) in [5.74, 6) is 0.167. The largest absolute Gasteiger partial charge is 0.361 e. The van der Waals surface area contributed by atoms with Gasteiger partial charge < -0.3 is 9.84 Å². The minimum Gasteiger partial charge on any atom is -0.361 e. The third-order valence-electron chi connectivity index (χ3n) is 3.02. The van der Waals surface area contributed by atoms with Crippen LogP contribution < -0.4 is 5.32 Å². The second kappa shape index (κ2) is 5.69. The van der Waals surface area contributed by atoms with Gasteiger partial charge in [0.15, 0.2) is 5.78 Å². The number of Topliss-reactive ketones (excluding diaryl/α,β-unsaturated/α-hetero) is 1. The SMILES string of the molecule is CCc1noc(C)c1C(=O)Nc1cccc(C(C)=O)c1. The summed E-state index contributed by atoms with van der Waals surface area (Å²) < 4.78 is 5.04. The van der Waals surface area contributed by atoms with E-state index in [-0.39, 0.29) is 11.7 Å². The zero-order valence-electron chi connectivity index (χ0n) is 11.7. The van der Waals surface area contributed by atoms with Crippen molar-refractivity contribution in [2.75, 3.05) is 5.32 Å². The van der Waals surface area contributed by atoms with E-state index in [2.05, 4.69) is 10.5 Å². The van der Waals surface area contributed by atoms with Gasteiger partial charge in [-0.2, -0.15) is 0 Å². The highest BCUT2D eigenvalue weighted by Crippen LogP contribution is 2.17. The predicted octanol–water partition coefficient (Wildman–Crippen LogP) is 3.00. The van der Waals surface area contributed by atoms with Gasteiger partial charge in [-0.05, 0) is 32.4 Å². The van der Waals surface area contributed by atoms with E-state index < -0.39 is 0 Å². The standard InChI is InChI=1S/C15H16N2O3/c1-4-13-14(10(3)20-17-13)15(19)16-12-7-5-6-11(8-12)9(2)18/h5-8H,4H2,1-3H3,(H,16,19). The van der Waals surface area contributed by atoms with Gasteiger partial charge in [-0.25, -0.2) is 0 Å². The van der Waals surface area contributed by atoms with Gasteiger partial charge in [0.05, 0.1) is 5.69 Å². The number of carbonyl (C=O) groups excluding carboxylic acids is 2. The molecule has 0 radical (unpaired) electrons. The van der Waals surface area contributed by atoms with E-state index in [1.54, 1.807) is 31.2 Å². The lowest BCUT2D eigenvalue weighted by Gasteiger charge is -2.06. The average molecular weight is 272 g/mol. The Labute approximate surface area is 117 Å². The van der Waals surface area contributed by atoms with Gasteiger partial charge in [-0.3, -0.25) is 9.59 Å². The maximum Gasteiger partial charge on any atom is 0.261 e. The van der Waals surface area contributed by atoms with Crippen molar-refractivity contribution >= 4 is 17.4 Å². The summed E-state index contributed by atoms with van der Waals surface area (Å²) in [5, 5.41) is 6.62. The van der Waals surface area contributed by atoms with E-state index in [0.717, 1.165) is 0 Å². The topological polar surface area (TPSA) is 72.2 Å². The summed E-state index contributed by atoms with van der Waals surface area (Å²) in [6.07, 6.45) is 0.619. The van der Waals surface area contributed by atoms with Crippen LogP contribution in [0.15, 0.2) is 28.8 Å². The molecule has 0 aliphatic carbocycles. The number of nitrogens with one attached hydrogen (secondary N) is 1. The number of hydrogen-bond donors (Lipinski definition) is 1. The quantitative estimate of drug-likeness (QED) is 0.868. The van der Waals surface area contributed by atoms with E-state index >= 15 is 0 Å². The molecule has 1 amide bonds. The van der Waals surface area contributed by atoms with Gasteiger partial charge in [0.25, 0.3) is 5.91 Å². The molecule has 0 aliphatic rings. The molecule has 1 aromatic carbocycles. The van der Waals surface area contributed by atoms with Gasteiger partial charge in [-0.15, -0.1) is 0 Å². The van der Waals surface area contributed by atoms with E-state index in [1.165, 1.54) is 6.92 Å². The summed E-state index contributed by atoms with van der Waals surface area (Å²) >= 11 is 0. The van der Waals surface area contributed by atoms with Gasteiger partial charge in [0, 0.05) is 11.3 Å². The molecule has 1 N–H and O–H groups in total. The van der Waals surface area contributed by atoms with Crippen LogP contribution in [0.4, 0.5) is 5.69 Å². The number of rotatable bonds is 4. The number of benzene rings is 1. The molecule has 0 aliphatic heterocycles. The molecule has 0 saturated heterocycles. The van der Waals surface area contributed by atoms with E-state index in [9.17, 15) is 9.59 Å². The first-order valence-corrected chi connectivity index (χ1v) is 6.40. The van der Waals surface area contributed by atoms with Gasteiger partial charge in [-0.1, -0.05) is 24.2 Å². The smallest absolute Gasteiger partial charge is 0.261 e. The number of ketones is 1. The maximum atomic E-state index is 12.3. The van der Waals surface area contributed by atoms with E-state index in [0.29, 0.717) is 34.7 Å². The molecule has 1 aromatic heterocycles. The van der Waals surface area contributed by atoms with Crippen LogP contribution in [0.1, 0.15) is 46.0 Å². The number of aryl methyl sites for hydroxylation is 2. The summed E-state index contributed by atoms with van der Waals surface area (Å²) in [5.41, 5.74) is 2.22. The van der Waals surface area contributed by atoms with Crippen LogP contribution in [-0.2, 0) is 6.42 Å². The molecule has 0 saturated carbocycles. The number of nitrogens with zero attached hydrogens (tertiary/aromatic N) is 1. The lowest BCUT2D eigenvalue weighted by Crippen LogP contribution is -2.14. The molecule has 104 valence electrons. The molecule has 2 aromatic rings. The molecule has 0 spiro atoms. The predicted molar refractivity (Wildman–Crippen MR) is 75.0 cm³/mol. The Hall–Kier alpha value is -2.43. The number of hydrogen-bond acceptors (Lipinski definition) is 4. The minimum absolute atomic E-state index is 0.0449. The Morgan fingerprint density at radius 1 is 1.35 bits per heavy atom. The van der Waals surface area contributed by atoms with Gasteiger partial charge in [0.2, 0.25) is 0 Å². The molecule has 0 unspecified atom stereocenters. The third kappa shape index (κ3) is 2.77. The van der Waals surface area contributed by atoms with Crippen molar-refractivity contribution in [1.29, 1.82) is 0 Å². The molecule has 1 heterocycles. The lowest BCUT2D eigenvalue weighted by molar-refractivity contribution is 0.101. The number of carbonyl (C=O) groups is 2. The van der Waals surface area contributed by atoms with Crippen LogP contribution in [0.2, 0.25) is 0 Å². The van der Waals surface area contributed by atoms with Crippen molar-refractivity contribution in [3.63, 3.8) is 0 Å². The Morgan fingerprint density at radius 2 is 2.10 bits per heavy atom. The van der Waals surface area contributed by atoms with Crippen LogP contribution in [0.5, 0.6) is 0 Å². The Kier molecular flexibility index (Phi) is 3.98. The van der Waals surface area contributed by atoms with Crippen LogP contribution in [0.25, 0.3) is 0 Å². The van der Waals surface area contributed by atoms with Crippen molar-refractivity contribution in [3.8, 4) is 0 Å².